The highest BCUT2D eigenvalue weighted by Gasteiger charge is 2.05. The molecule has 3 rings (SSSR count). The number of benzene rings is 3. The van der Waals surface area contributed by atoms with Crippen LogP contribution in [0.4, 0.5) is 0 Å². The van der Waals surface area contributed by atoms with Gasteiger partial charge in [-0.25, -0.2) is 0 Å². The van der Waals surface area contributed by atoms with Crippen molar-refractivity contribution in [3.05, 3.63) is 91.3 Å². The minimum absolute atomic E-state index is 0.00130. The van der Waals surface area contributed by atoms with E-state index < -0.39 is 10.1 Å². The quantitative estimate of drug-likeness (QED) is 0.498. The smallest absolute Gasteiger partial charge is 0.268 e. The average molecular weight is 363 g/mol. The Labute approximate surface area is 153 Å². The van der Waals surface area contributed by atoms with Crippen LogP contribution in [0.2, 0.25) is 0 Å². The van der Waals surface area contributed by atoms with Crippen molar-refractivity contribution in [2.24, 2.45) is 5.16 Å². The van der Waals surface area contributed by atoms with Gasteiger partial charge in [0.15, 0.2) is 0 Å². The first kappa shape index (κ1) is 17.9. The lowest BCUT2D eigenvalue weighted by molar-refractivity contribution is 0.343. The summed E-state index contributed by atoms with van der Waals surface area (Å²) >= 11 is 0. The van der Waals surface area contributed by atoms with Crippen LogP contribution in [-0.2, 0) is 14.4 Å². The fraction of sp³-hybridized carbons (Fsp3) is 0.0476. The summed E-state index contributed by atoms with van der Waals surface area (Å²) in [7, 11) is -3.67. The van der Waals surface area contributed by atoms with Crippen molar-refractivity contribution >= 4 is 15.8 Å². The van der Waals surface area contributed by atoms with Gasteiger partial charge >= 0.3 is 10.1 Å². The molecular formula is C21H17NO3S. The second-order valence-electron chi connectivity index (χ2n) is 5.78. The predicted octanol–water partition coefficient (Wildman–Crippen LogP) is 4.41. The van der Waals surface area contributed by atoms with Gasteiger partial charge in [0.25, 0.3) is 0 Å². The summed E-state index contributed by atoms with van der Waals surface area (Å²) in [4.78, 5) is 0. The molecule has 0 N–H and O–H groups in total. The highest BCUT2D eigenvalue weighted by atomic mass is 32.2. The third-order valence-electron chi connectivity index (χ3n) is 3.78. The Morgan fingerprint density at radius 3 is 1.65 bits per heavy atom. The summed E-state index contributed by atoms with van der Waals surface area (Å²) in [5.41, 5.74) is 4.99. The predicted molar refractivity (Wildman–Crippen MR) is 104 cm³/mol. The van der Waals surface area contributed by atoms with Gasteiger partial charge in [-0.15, -0.1) is 0 Å². The second-order valence-corrected chi connectivity index (χ2v) is 7.33. The Morgan fingerprint density at radius 1 is 0.769 bits per heavy atom. The zero-order valence-corrected chi connectivity index (χ0v) is 15.0. The van der Waals surface area contributed by atoms with Crippen LogP contribution in [0, 0.1) is 6.92 Å². The molecule has 0 bridgehead atoms. The summed E-state index contributed by atoms with van der Waals surface area (Å²) < 4.78 is 26.3. The van der Waals surface area contributed by atoms with E-state index in [1.807, 2.05) is 30.3 Å². The molecule has 0 aromatic heterocycles. The maximum Gasteiger partial charge on any atom is 0.325 e. The lowest BCUT2D eigenvalue weighted by Crippen LogP contribution is -2.02. The monoisotopic (exact) mass is 363 g/mol. The van der Waals surface area contributed by atoms with Gasteiger partial charge in [-0.1, -0.05) is 84.0 Å². The van der Waals surface area contributed by atoms with Crippen LogP contribution in [-0.4, -0.2) is 20.4 Å². The minimum Gasteiger partial charge on any atom is -0.268 e. The number of hydrogen-bond acceptors (Lipinski definition) is 4. The van der Waals surface area contributed by atoms with Crippen LogP contribution in [0.5, 0.6) is 0 Å². The van der Waals surface area contributed by atoms with Gasteiger partial charge < -0.3 is 0 Å². The average Bonchev–Trinajstić information content (AvgIpc) is 2.66. The maximum absolute atomic E-state index is 11.0. The van der Waals surface area contributed by atoms with E-state index in [4.69, 9.17) is 6.92 Å². The Balaban J connectivity index is 1.78. The van der Waals surface area contributed by atoms with Crippen LogP contribution in [0.15, 0.2) is 84.0 Å². The first-order valence-corrected chi connectivity index (χ1v) is 9.72. The molecule has 26 heavy (non-hydrogen) atoms. The van der Waals surface area contributed by atoms with Crippen LogP contribution < -0.4 is 0 Å². The third kappa shape index (κ3) is 4.58. The zero-order chi connectivity index (χ0) is 18.6. The topological polar surface area (TPSA) is 55.7 Å². The highest BCUT2D eigenvalue weighted by Crippen LogP contribution is 2.25. The van der Waals surface area contributed by atoms with Crippen molar-refractivity contribution < 1.29 is 12.7 Å². The summed E-state index contributed by atoms with van der Waals surface area (Å²) in [6.45, 7) is 5.74. The van der Waals surface area contributed by atoms with E-state index in [1.54, 1.807) is 12.1 Å². The molecule has 0 fully saturated rings. The molecule has 0 heterocycles. The van der Waals surface area contributed by atoms with E-state index in [-0.39, 0.29) is 5.71 Å². The molecule has 0 aliphatic heterocycles. The first-order chi connectivity index (χ1) is 12.4. The van der Waals surface area contributed by atoms with E-state index in [1.165, 1.54) is 5.56 Å². The number of hydrogen-bond donors (Lipinski definition) is 0. The van der Waals surface area contributed by atoms with Crippen molar-refractivity contribution in [2.75, 3.05) is 6.26 Å². The number of oxime groups is 1. The number of nitrogens with zero attached hydrogens (tertiary/aromatic N) is 1. The normalized spacial score (nSPS) is 12.0. The summed E-state index contributed by atoms with van der Waals surface area (Å²) in [5.74, 6) is 0. The SMILES string of the molecule is [CH]C(=NOS(C)(=O)=O)c1ccc(-c2ccc(-c3ccccc3)cc2)cc1. The van der Waals surface area contributed by atoms with Gasteiger partial charge in [0.1, 0.15) is 0 Å². The van der Waals surface area contributed by atoms with Gasteiger partial charge in [0, 0.05) is 6.92 Å². The zero-order valence-electron chi connectivity index (χ0n) is 14.2. The molecule has 0 spiro atoms. The van der Waals surface area contributed by atoms with Crippen molar-refractivity contribution in [1.29, 1.82) is 0 Å². The lowest BCUT2D eigenvalue weighted by atomic mass is 9.99. The molecule has 0 saturated heterocycles. The molecule has 3 aromatic carbocycles. The van der Waals surface area contributed by atoms with E-state index in [0.717, 1.165) is 22.9 Å². The standard InChI is InChI=1S/C21H17NO3S/c1-16(22-25-26(2,23)24)17-8-10-20(11-9-17)21-14-12-19(13-15-21)18-6-4-3-5-7-18/h1,3-15H,2H3. The van der Waals surface area contributed by atoms with Crippen molar-refractivity contribution in [3.8, 4) is 22.3 Å². The Kier molecular flexibility index (Phi) is 5.19. The molecule has 0 aliphatic rings. The fourth-order valence-corrected chi connectivity index (χ4v) is 2.70. The molecule has 2 radical (unpaired) electrons. The van der Waals surface area contributed by atoms with Crippen LogP contribution in [0.1, 0.15) is 5.56 Å². The largest absolute Gasteiger partial charge is 0.325 e. The van der Waals surface area contributed by atoms with Crippen molar-refractivity contribution in [3.63, 3.8) is 0 Å². The molecule has 4 nitrogen and oxygen atoms in total. The molecule has 0 amide bonds. The van der Waals surface area contributed by atoms with Gasteiger partial charge in [-0.3, -0.25) is 4.28 Å². The third-order valence-corrected chi connectivity index (χ3v) is 4.12. The molecule has 3 aromatic rings. The van der Waals surface area contributed by atoms with E-state index >= 15 is 0 Å². The Hall–Kier alpha value is -2.92. The van der Waals surface area contributed by atoms with Crippen molar-refractivity contribution in [1.82, 2.24) is 0 Å². The second kappa shape index (κ2) is 7.54. The molecule has 5 heteroatoms. The van der Waals surface area contributed by atoms with Crippen LogP contribution >= 0.6 is 0 Å². The van der Waals surface area contributed by atoms with E-state index in [2.05, 4.69) is 45.8 Å². The van der Waals surface area contributed by atoms with Gasteiger partial charge in [0.2, 0.25) is 0 Å². The Bertz CT molecular complexity index is 1010. The Morgan fingerprint density at radius 2 is 1.19 bits per heavy atom. The van der Waals surface area contributed by atoms with Crippen LogP contribution in [0.25, 0.3) is 22.3 Å². The van der Waals surface area contributed by atoms with Crippen LogP contribution in [0.3, 0.4) is 0 Å². The summed E-state index contributed by atoms with van der Waals surface area (Å²) in [6, 6.07) is 25.8. The maximum atomic E-state index is 11.0. The molecule has 0 atom stereocenters. The van der Waals surface area contributed by atoms with Gasteiger partial charge in [0.05, 0.1) is 12.0 Å². The number of rotatable bonds is 5. The fourth-order valence-electron chi connectivity index (χ4n) is 2.48. The summed E-state index contributed by atoms with van der Waals surface area (Å²) in [5, 5.41) is 3.42. The van der Waals surface area contributed by atoms with Gasteiger partial charge in [-0.2, -0.15) is 8.42 Å². The van der Waals surface area contributed by atoms with Gasteiger partial charge in [-0.05, 0) is 27.8 Å². The van der Waals surface area contributed by atoms with E-state index in [9.17, 15) is 8.42 Å². The molecule has 0 aliphatic carbocycles. The van der Waals surface area contributed by atoms with Crippen molar-refractivity contribution in [2.45, 2.75) is 0 Å². The summed E-state index contributed by atoms with van der Waals surface area (Å²) in [6.07, 6.45) is 0.909. The first-order valence-electron chi connectivity index (χ1n) is 7.91. The molecule has 0 saturated carbocycles. The molecule has 0 unspecified atom stereocenters. The lowest BCUT2D eigenvalue weighted by Gasteiger charge is -2.06. The molecule has 130 valence electrons. The minimum atomic E-state index is -3.67. The highest BCUT2D eigenvalue weighted by molar-refractivity contribution is 7.85. The van der Waals surface area contributed by atoms with E-state index in [0.29, 0.717) is 5.56 Å². The molecular weight excluding hydrogens is 346 g/mol.